The predicted molar refractivity (Wildman–Crippen MR) is 84.3 cm³/mol. The number of benzene rings is 2. The lowest BCUT2D eigenvalue weighted by Crippen LogP contribution is -2.29. The maximum absolute atomic E-state index is 12.5. The first-order chi connectivity index (χ1) is 10.1. The molecule has 0 N–H and O–H groups in total. The molecular formula is C17H14Cl2O2. The Hall–Kier alpha value is -1.51. The molecule has 0 radical (unpaired) electrons. The molecule has 2 nitrogen and oxygen atoms in total. The molecule has 0 amide bonds. The third-order valence-corrected chi connectivity index (χ3v) is 4.46. The van der Waals surface area contributed by atoms with Crippen LogP contribution in [0.25, 0.3) is 0 Å². The summed E-state index contributed by atoms with van der Waals surface area (Å²) < 4.78 is 5.67. The van der Waals surface area contributed by atoms with E-state index >= 15 is 0 Å². The number of rotatable bonds is 3. The number of carbonyl (C=O) groups is 1. The minimum absolute atomic E-state index is 0.111. The van der Waals surface area contributed by atoms with Gasteiger partial charge < -0.3 is 4.74 Å². The van der Waals surface area contributed by atoms with Crippen LogP contribution >= 0.6 is 23.2 Å². The van der Waals surface area contributed by atoms with Crippen LogP contribution in [-0.2, 0) is 17.6 Å². The summed E-state index contributed by atoms with van der Waals surface area (Å²) in [5, 5.41) is 1.07. The number of halogens is 2. The van der Waals surface area contributed by atoms with Crippen molar-refractivity contribution in [2.45, 2.75) is 12.8 Å². The summed E-state index contributed by atoms with van der Waals surface area (Å²) in [5.74, 6) is 0.837. The second-order valence-corrected chi connectivity index (χ2v) is 5.98. The Kier molecular flexibility index (Phi) is 4.18. The van der Waals surface area contributed by atoms with Crippen LogP contribution in [0.1, 0.15) is 11.1 Å². The van der Waals surface area contributed by atoms with Crippen LogP contribution in [-0.4, -0.2) is 12.4 Å². The van der Waals surface area contributed by atoms with E-state index in [1.54, 1.807) is 18.2 Å². The zero-order chi connectivity index (χ0) is 14.8. The number of ketones is 1. The molecule has 2 aromatic carbocycles. The number of para-hydroxylation sites is 1. The molecule has 3 rings (SSSR count). The van der Waals surface area contributed by atoms with Crippen LogP contribution in [0.5, 0.6) is 5.75 Å². The SMILES string of the molecule is O=C(Cc1c(Cl)cccc1Cl)C1COc2ccccc2C1. The summed E-state index contributed by atoms with van der Waals surface area (Å²) in [7, 11) is 0. The van der Waals surface area contributed by atoms with Crippen LogP contribution in [0.15, 0.2) is 42.5 Å². The van der Waals surface area contributed by atoms with Crippen molar-refractivity contribution in [1.29, 1.82) is 0 Å². The first kappa shape index (κ1) is 14.4. The van der Waals surface area contributed by atoms with Gasteiger partial charge in [0.05, 0.1) is 12.5 Å². The maximum Gasteiger partial charge on any atom is 0.144 e. The Morgan fingerprint density at radius 1 is 1.10 bits per heavy atom. The summed E-state index contributed by atoms with van der Waals surface area (Å²) in [4.78, 5) is 12.5. The minimum atomic E-state index is -0.146. The number of carbonyl (C=O) groups excluding carboxylic acids is 1. The molecule has 0 aliphatic carbocycles. The molecule has 1 atom stereocenters. The first-order valence-corrected chi connectivity index (χ1v) is 7.57. The molecule has 4 heteroatoms. The third kappa shape index (κ3) is 3.07. The molecule has 21 heavy (non-hydrogen) atoms. The van der Waals surface area contributed by atoms with Crippen molar-refractivity contribution in [3.63, 3.8) is 0 Å². The lowest BCUT2D eigenvalue weighted by Gasteiger charge is -2.24. The van der Waals surface area contributed by atoms with Gasteiger partial charge in [0.15, 0.2) is 0 Å². The van der Waals surface area contributed by atoms with E-state index in [-0.39, 0.29) is 18.1 Å². The molecule has 1 heterocycles. The molecule has 0 saturated heterocycles. The van der Waals surface area contributed by atoms with Gasteiger partial charge in [-0.3, -0.25) is 4.79 Å². The van der Waals surface area contributed by atoms with Gasteiger partial charge in [-0.25, -0.2) is 0 Å². The van der Waals surface area contributed by atoms with Gasteiger partial charge in [-0.05, 0) is 35.7 Å². The highest BCUT2D eigenvalue weighted by Gasteiger charge is 2.26. The van der Waals surface area contributed by atoms with Crippen molar-refractivity contribution >= 4 is 29.0 Å². The molecule has 108 valence electrons. The van der Waals surface area contributed by atoms with Crippen molar-refractivity contribution in [3.05, 3.63) is 63.6 Å². The van der Waals surface area contributed by atoms with Crippen molar-refractivity contribution < 1.29 is 9.53 Å². The van der Waals surface area contributed by atoms with Gasteiger partial charge >= 0.3 is 0 Å². The van der Waals surface area contributed by atoms with Crippen LogP contribution in [0.3, 0.4) is 0 Å². The van der Waals surface area contributed by atoms with Crippen LogP contribution in [0, 0.1) is 5.92 Å². The molecule has 1 aliphatic heterocycles. The van der Waals surface area contributed by atoms with Gasteiger partial charge in [0, 0.05) is 16.5 Å². The molecule has 2 aromatic rings. The quantitative estimate of drug-likeness (QED) is 0.840. The van der Waals surface area contributed by atoms with Crippen LogP contribution < -0.4 is 4.74 Å². The third-order valence-electron chi connectivity index (χ3n) is 3.75. The Labute approximate surface area is 133 Å². The van der Waals surface area contributed by atoms with E-state index in [0.29, 0.717) is 28.6 Å². The van der Waals surface area contributed by atoms with Gasteiger partial charge in [0.25, 0.3) is 0 Å². The lowest BCUT2D eigenvalue weighted by atomic mass is 9.90. The first-order valence-electron chi connectivity index (χ1n) is 6.81. The molecule has 0 spiro atoms. The molecule has 0 fully saturated rings. The average molecular weight is 321 g/mol. The molecular weight excluding hydrogens is 307 g/mol. The van der Waals surface area contributed by atoms with E-state index in [1.165, 1.54) is 0 Å². The molecule has 0 bridgehead atoms. The summed E-state index contributed by atoms with van der Waals surface area (Å²) in [6.07, 6.45) is 0.950. The Morgan fingerprint density at radius 2 is 1.81 bits per heavy atom. The summed E-state index contributed by atoms with van der Waals surface area (Å²) >= 11 is 12.3. The van der Waals surface area contributed by atoms with E-state index in [0.717, 1.165) is 11.3 Å². The zero-order valence-electron chi connectivity index (χ0n) is 11.3. The molecule has 1 aliphatic rings. The van der Waals surface area contributed by atoms with E-state index in [9.17, 15) is 4.79 Å². The van der Waals surface area contributed by atoms with Crippen molar-refractivity contribution in [2.75, 3.05) is 6.61 Å². The van der Waals surface area contributed by atoms with Gasteiger partial charge in [0.2, 0.25) is 0 Å². The molecule has 0 saturated carbocycles. The summed E-state index contributed by atoms with van der Waals surface area (Å²) in [5.41, 5.74) is 1.78. The van der Waals surface area contributed by atoms with Gasteiger partial charge in [-0.15, -0.1) is 0 Å². The highest BCUT2D eigenvalue weighted by atomic mass is 35.5. The number of hydrogen-bond donors (Lipinski definition) is 0. The van der Waals surface area contributed by atoms with Crippen molar-refractivity contribution in [3.8, 4) is 5.75 Å². The average Bonchev–Trinajstić information content (AvgIpc) is 2.50. The monoisotopic (exact) mass is 320 g/mol. The minimum Gasteiger partial charge on any atom is -0.493 e. The number of Topliss-reactive ketones (excluding diaryl/α,β-unsaturated/α-hetero) is 1. The van der Waals surface area contributed by atoms with E-state index in [1.807, 2.05) is 24.3 Å². The number of ether oxygens (including phenoxy) is 1. The van der Waals surface area contributed by atoms with E-state index in [2.05, 4.69) is 0 Å². The highest BCUT2D eigenvalue weighted by molar-refractivity contribution is 6.36. The fourth-order valence-electron chi connectivity index (χ4n) is 2.55. The maximum atomic E-state index is 12.5. The lowest BCUT2D eigenvalue weighted by molar-refractivity contribution is -0.123. The van der Waals surface area contributed by atoms with Gasteiger partial charge in [-0.2, -0.15) is 0 Å². The normalized spacial score (nSPS) is 17.0. The van der Waals surface area contributed by atoms with Crippen molar-refractivity contribution in [2.24, 2.45) is 5.92 Å². The predicted octanol–water partition coefficient (Wildman–Crippen LogP) is 4.36. The van der Waals surface area contributed by atoms with Gasteiger partial charge in [-0.1, -0.05) is 47.5 Å². The van der Waals surface area contributed by atoms with Crippen LogP contribution in [0.2, 0.25) is 10.0 Å². The topological polar surface area (TPSA) is 26.3 Å². The highest BCUT2D eigenvalue weighted by Crippen LogP contribution is 2.30. The Bertz CT molecular complexity index is 662. The van der Waals surface area contributed by atoms with Crippen LogP contribution in [0.4, 0.5) is 0 Å². The van der Waals surface area contributed by atoms with Crippen molar-refractivity contribution in [1.82, 2.24) is 0 Å². The second kappa shape index (κ2) is 6.08. The number of hydrogen-bond acceptors (Lipinski definition) is 2. The smallest absolute Gasteiger partial charge is 0.144 e. The van der Waals surface area contributed by atoms with E-state index in [4.69, 9.17) is 27.9 Å². The molecule has 1 unspecified atom stereocenters. The summed E-state index contributed by atoms with van der Waals surface area (Å²) in [6.45, 7) is 0.415. The van der Waals surface area contributed by atoms with E-state index < -0.39 is 0 Å². The Balaban J connectivity index is 1.76. The Morgan fingerprint density at radius 3 is 2.57 bits per heavy atom. The largest absolute Gasteiger partial charge is 0.493 e. The molecule has 0 aromatic heterocycles. The van der Waals surface area contributed by atoms with Gasteiger partial charge in [0.1, 0.15) is 11.5 Å². The fraction of sp³-hybridized carbons (Fsp3) is 0.235. The summed E-state index contributed by atoms with van der Waals surface area (Å²) in [6, 6.07) is 13.1. The second-order valence-electron chi connectivity index (χ2n) is 5.16. The number of fused-ring (bicyclic) bond motifs is 1. The zero-order valence-corrected chi connectivity index (χ0v) is 12.8. The fourth-order valence-corrected chi connectivity index (χ4v) is 3.09. The standard InChI is InChI=1S/C17H14Cl2O2/c18-14-5-3-6-15(19)13(14)9-16(20)12-8-11-4-1-2-7-17(11)21-10-12/h1-7,12H,8-10H2.